The molecule has 2 aliphatic heterocycles. The second kappa shape index (κ2) is 30.9. The van der Waals surface area contributed by atoms with E-state index in [9.17, 15) is 53.9 Å². The van der Waals surface area contributed by atoms with E-state index < -0.39 is 33.9 Å². The van der Waals surface area contributed by atoms with Gasteiger partial charge in [-0.1, -0.05) is 49.1 Å². The molecule has 27 heteroatoms. The maximum Gasteiger partial charge on any atom is 1.00 e. The fraction of sp³-hybridized carbons (Fsp3) is 0.525. The molecule has 0 radical (unpaired) electrons. The summed E-state index contributed by atoms with van der Waals surface area (Å²) in [5.41, 5.74) is 1.64. The average molecular weight is 1220 g/mol. The number of benzene rings is 2. The first-order chi connectivity index (χ1) is 30.7. The van der Waals surface area contributed by atoms with Crippen molar-refractivity contribution in [1.29, 1.82) is 0 Å². The van der Waals surface area contributed by atoms with Gasteiger partial charge in [-0.15, -0.1) is 0 Å². The van der Waals surface area contributed by atoms with Crippen molar-refractivity contribution >= 4 is 62.4 Å². The Hall–Kier alpha value is -1.72. The van der Waals surface area contributed by atoms with E-state index in [0.29, 0.717) is 83.8 Å². The van der Waals surface area contributed by atoms with Gasteiger partial charge in [-0.2, -0.15) is 34.8 Å². The molecule has 0 unspecified atom stereocenters. The second-order valence-electron chi connectivity index (χ2n) is 14.4. The van der Waals surface area contributed by atoms with Crippen LogP contribution in [0.15, 0.2) is 33.3 Å². The van der Waals surface area contributed by atoms with Crippen molar-refractivity contribution in [3.8, 4) is 0 Å². The number of carbonyl (C=O) groups excluding carboxylic acids is 5. The predicted molar refractivity (Wildman–Crippen MR) is 217 cm³/mol. The molecule has 3 N–H and O–H groups in total. The first-order valence-corrected chi connectivity index (χ1v) is 22.1. The Morgan fingerprint density at radius 1 is 0.776 bits per heavy atom. The molecule has 2 aliphatic rings. The van der Waals surface area contributed by atoms with Gasteiger partial charge in [0.25, 0.3) is 16.6 Å². The van der Waals surface area contributed by atoms with E-state index in [1.807, 2.05) is 13.8 Å². The van der Waals surface area contributed by atoms with Crippen LogP contribution in [-0.2, 0) is 71.6 Å². The number of nitrogens with zero attached hydrogens (tertiary/aromatic N) is 3. The van der Waals surface area contributed by atoms with Crippen LogP contribution in [0.1, 0.15) is 100 Å². The smallest absolute Gasteiger partial charge is 1.00 e. The minimum absolute atomic E-state index is 0. The number of halogens is 6. The molecule has 6 amide bonds. The van der Waals surface area contributed by atoms with Gasteiger partial charge in [0.1, 0.15) is 0 Å². The molecule has 67 heavy (non-hydrogen) atoms. The van der Waals surface area contributed by atoms with Crippen LogP contribution in [0.5, 0.6) is 0 Å². The van der Waals surface area contributed by atoms with E-state index in [1.54, 1.807) is 12.1 Å². The van der Waals surface area contributed by atoms with Crippen LogP contribution in [0, 0.1) is 0 Å². The molecule has 0 atom stereocenters. The Labute approximate surface area is 500 Å². The van der Waals surface area contributed by atoms with E-state index in [2.05, 4.69) is 35.3 Å². The number of hydrogen-bond acceptors (Lipinski definition) is 14. The third-order valence-electron chi connectivity index (χ3n) is 9.53. The molecule has 0 spiro atoms. The number of carbonyl (C=O) groups is 5. The van der Waals surface area contributed by atoms with Crippen molar-refractivity contribution < 1.29 is 221 Å². The summed E-state index contributed by atoms with van der Waals surface area (Å²) in [6, 6.07) is 5.39. The van der Waals surface area contributed by atoms with Crippen molar-refractivity contribution in [2.45, 2.75) is 103 Å². The molecular formula is C40H50Cs2F6N6O12S. The summed E-state index contributed by atoms with van der Waals surface area (Å²) in [5, 5.41) is 22.0. The molecule has 0 bridgehead atoms. The summed E-state index contributed by atoms with van der Waals surface area (Å²) in [6.07, 6.45) is -1.03. The number of nitrogens with one attached hydrogen (secondary N) is 3. The first-order valence-electron chi connectivity index (χ1n) is 20.3. The van der Waals surface area contributed by atoms with E-state index in [0.717, 1.165) is 41.4 Å². The van der Waals surface area contributed by atoms with Crippen LogP contribution in [0.3, 0.4) is 0 Å². The molecule has 0 saturated carbocycles. The van der Waals surface area contributed by atoms with Gasteiger partial charge in [-0.25, -0.2) is 9.59 Å². The Morgan fingerprint density at radius 2 is 1.25 bits per heavy atom. The summed E-state index contributed by atoms with van der Waals surface area (Å²) >= 11 is 0. The summed E-state index contributed by atoms with van der Waals surface area (Å²) in [4.78, 5) is 56.5. The normalized spacial score (nSPS) is 13.9. The van der Waals surface area contributed by atoms with Crippen LogP contribution in [0.25, 0.3) is 21.9 Å². The van der Waals surface area contributed by atoms with Crippen LogP contribution >= 0.6 is 0 Å². The van der Waals surface area contributed by atoms with Crippen LogP contribution in [0.2, 0.25) is 0 Å². The number of amides is 6. The summed E-state index contributed by atoms with van der Waals surface area (Å²) in [6.45, 7) is 4.95. The van der Waals surface area contributed by atoms with Gasteiger partial charge in [-0.3, -0.25) is 28.8 Å². The Morgan fingerprint density at radius 3 is 1.64 bits per heavy atom. The zero-order valence-electron chi connectivity index (χ0n) is 38.6. The largest absolute Gasteiger partial charge is 1.00 e. The summed E-state index contributed by atoms with van der Waals surface area (Å²) in [7, 11) is -3.46. The number of rotatable bonds is 16. The number of fused-ring (bicyclic) bond motifs is 2. The van der Waals surface area contributed by atoms with E-state index >= 15 is 0 Å². The maximum atomic E-state index is 13.1. The molecule has 2 saturated heterocycles. The SMILES string of the molecule is CCCc1c(CCCCN2C(=O)CCNC2=O)ccc2c(C(F)(F)F)noc12.CCCc1c(CCCCOS(C)(=O)=O)ccc2c(C(F)(F)F)noc12.O=C1CCNC(=O)N1.O=CO[O-].[Cs+].[Cs+].[H-]. The van der Waals surface area contributed by atoms with Gasteiger partial charge in [0, 0.05) is 43.6 Å². The molecule has 6 rings (SSSR count). The zero-order valence-corrected chi connectivity index (χ0v) is 51.0. The Bertz CT molecular complexity index is 2340. The molecule has 0 aliphatic carbocycles. The monoisotopic (exact) mass is 1220 g/mol. The second-order valence-corrected chi connectivity index (χ2v) is 16.1. The van der Waals surface area contributed by atoms with Crippen molar-refractivity contribution in [1.82, 2.24) is 31.2 Å². The third-order valence-corrected chi connectivity index (χ3v) is 10.1. The van der Waals surface area contributed by atoms with Gasteiger partial charge < -0.3 is 31.3 Å². The number of imide groups is 2. The third kappa shape index (κ3) is 20.9. The molecule has 2 fully saturated rings. The zero-order chi connectivity index (χ0) is 48.4. The summed E-state index contributed by atoms with van der Waals surface area (Å²) in [5.74, 6) is -0.382. The number of aryl methyl sites for hydroxylation is 4. The molecule has 4 aromatic rings. The topological polar surface area (TPSA) is 252 Å². The number of unbranched alkanes of at least 4 members (excludes halogenated alkanes) is 2. The number of hydrogen-bond donors (Lipinski definition) is 3. The minimum atomic E-state index is -4.56. The number of aromatic nitrogens is 2. The molecule has 362 valence electrons. The van der Waals surface area contributed by atoms with Crippen molar-refractivity contribution in [3.63, 3.8) is 0 Å². The van der Waals surface area contributed by atoms with Gasteiger partial charge in [0.2, 0.25) is 11.8 Å². The molecular weight excluding hydrogens is 1170 g/mol. The first kappa shape index (κ1) is 63.3. The van der Waals surface area contributed by atoms with Crippen LogP contribution < -0.4 is 159 Å². The van der Waals surface area contributed by atoms with E-state index in [4.69, 9.17) is 19.1 Å². The van der Waals surface area contributed by atoms with Crippen molar-refractivity contribution in [2.24, 2.45) is 0 Å². The number of alkyl halides is 6. The quantitative estimate of drug-likeness (QED) is 0.0332. The van der Waals surface area contributed by atoms with Gasteiger partial charge >= 0.3 is 162 Å². The molecule has 2 aromatic heterocycles. The van der Waals surface area contributed by atoms with Gasteiger partial charge in [0.05, 0.1) is 23.6 Å². The van der Waals surface area contributed by atoms with Gasteiger partial charge in [-0.05, 0) is 74.6 Å². The maximum absolute atomic E-state index is 13.1. The standard InChI is InChI=1S/C19H22F3N3O3.C16H20F3NO4S.C4H6N2O2.CH2O3.2Cs.H/c1-2-5-13-12(6-3-4-11-25-15(26)9-10-23-18(25)27)7-8-14-16(13)28-24-17(14)19(20,21)22;1-3-6-12-11(7-4-5-10-23-25(2,21)22)8-9-13-14(12)24-20-15(13)16(17,18)19;7-3-1-2-5-4(8)6-3;2-1-4-3;;;/h7-8H,2-6,9-11H2,1H3,(H,23,27);8-9H,3-7,10H2,1-2H3;1-2H2,(H2,5,6,7,8);1,3H;;;/q;;;;2*+1;-1/p-1. The van der Waals surface area contributed by atoms with Crippen molar-refractivity contribution in [2.75, 3.05) is 32.5 Å². The predicted octanol–water partition coefficient (Wildman–Crippen LogP) is -0.0672. The van der Waals surface area contributed by atoms with Crippen molar-refractivity contribution in [3.05, 3.63) is 57.9 Å². The fourth-order valence-corrected chi connectivity index (χ4v) is 7.13. The fourth-order valence-electron chi connectivity index (χ4n) is 6.71. The molecule has 4 heterocycles. The molecule has 18 nitrogen and oxygen atoms in total. The van der Waals surface area contributed by atoms with E-state index in [-0.39, 0.29) is 198 Å². The Balaban J connectivity index is 0.00000103. The number of urea groups is 2. The summed E-state index contributed by atoms with van der Waals surface area (Å²) < 4.78 is 115. The average Bonchev–Trinajstić information content (AvgIpc) is 3.88. The van der Waals surface area contributed by atoms with Crippen LogP contribution in [-0.4, -0.2) is 86.5 Å². The Kier molecular flexibility index (Phi) is 29.2. The van der Waals surface area contributed by atoms with Crippen LogP contribution in [0.4, 0.5) is 35.9 Å². The minimum Gasteiger partial charge on any atom is -1.00 e. The van der Waals surface area contributed by atoms with E-state index in [1.165, 1.54) is 17.0 Å². The molecule has 2 aromatic carbocycles. The van der Waals surface area contributed by atoms with Gasteiger partial charge in [0.15, 0.2) is 22.6 Å².